The fourth-order valence-corrected chi connectivity index (χ4v) is 1.56. The van der Waals surface area contributed by atoms with Gasteiger partial charge in [0.1, 0.15) is 12.2 Å². The first kappa shape index (κ1) is 10.9. The van der Waals surface area contributed by atoms with Crippen molar-refractivity contribution in [2.75, 3.05) is 0 Å². The molecule has 1 fully saturated rings. The molecular formula is C9H18O4. The minimum absolute atomic E-state index is 0.449. The van der Waals surface area contributed by atoms with Gasteiger partial charge in [-0.2, -0.15) is 0 Å². The largest absolute Gasteiger partial charge is 0.391 e. The monoisotopic (exact) mass is 190 g/mol. The first-order valence-electron chi connectivity index (χ1n) is 4.55. The number of aliphatic hydroxyl groups is 2. The van der Waals surface area contributed by atoms with E-state index in [-0.39, 0.29) is 0 Å². The SMILES string of the molecule is C[C@@H](O)[C@@H]1OC(C)(C)O[C@@H]1[C@@H](C)O. The van der Waals surface area contributed by atoms with Gasteiger partial charge >= 0.3 is 0 Å². The molecule has 0 saturated carbocycles. The summed E-state index contributed by atoms with van der Waals surface area (Å²) in [4.78, 5) is 0. The van der Waals surface area contributed by atoms with Crippen molar-refractivity contribution in [3.8, 4) is 0 Å². The van der Waals surface area contributed by atoms with Gasteiger partial charge in [-0.05, 0) is 27.7 Å². The van der Waals surface area contributed by atoms with Gasteiger partial charge in [0, 0.05) is 0 Å². The van der Waals surface area contributed by atoms with Crippen LogP contribution in [-0.2, 0) is 9.47 Å². The highest BCUT2D eigenvalue weighted by Crippen LogP contribution is 2.31. The quantitative estimate of drug-likeness (QED) is 0.656. The van der Waals surface area contributed by atoms with E-state index in [1.807, 2.05) is 0 Å². The number of aliphatic hydroxyl groups excluding tert-OH is 2. The molecule has 78 valence electrons. The molecule has 0 aliphatic carbocycles. The van der Waals surface area contributed by atoms with Crippen molar-refractivity contribution in [2.24, 2.45) is 0 Å². The Bertz CT molecular complexity index is 158. The molecule has 4 atom stereocenters. The van der Waals surface area contributed by atoms with Crippen molar-refractivity contribution < 1.29 is 19.7 Å². The molecule has 0 spiro atoms. The Morgan fingerprint density at radius 2 is 1.31 bits per heavy atom. The molecule has 0 unspecified atom stereocenters. The Kier molecular flexibility index (Phi) is 2.97. The molecule has 0 radical (unpaired) electrons. The van der Waals surface area contributed by atoms with E-state index in [0.717, 1.165) is 0 Å². The Morgan fingerprint density at radius 3 is 1.54 bits per heavy atom. The van der Waals surface area contributed by atoms with Gasteiger partial charge < -0.3 is 19.7 Å². The highest BCUT2D eigenvalue weighted by Gasteiger charge is 2.45. The van der Waals surface area contributed by atoms with E-state index in [1.165, 1.54) is 0 Å². The van der Waals surface area contributed by atoms with Crippen molar-refractivity contribution in [2.45, 2.75) is 57.9 Å². The molecule has 1 aliphatic heterocycles. The zero-order valence-corrected chi connectivity index (χ0v) is 8.52. The number of rotatable bonds is 2. The van der Waals surface area contributed by atoms with Crippen LogP contribution >= 0.6 is 0 Å². The van der Waals surface area contributed by atoms with E-state index in [4.69, 9.17) is 9.47 Å². The Balaban J connectivity index is 2.71. The van der Waals surface area contributed by atoms with Crippen molar-refractivity contribution in [3.05, 3.63) is 0 Å². The van der Waals surface area contributed by atoms with Gasteiger partial charge in [0.05, 0.1) is 12.2 Å². The third-order valence-corrected chi connectivity index (χ3v) is 2.11. The fraction of sp³-hybridized carbons (Fsp3) is 1.00. The van der Waals surface area contributed by atoms with E-state index in [1.54, 1.807) is 27.7 Å². The predicted molar refractivity (Wildman–Crippen MR) is 47.2 cm³/mol. The summed E-state index contributed by atoms with van der Waals surface area (Å²) in [7, 11) is 0. The van der Waals surface area contributed by atoms with Gasteiger partial charge in [0.25, 0.3) is 0 Å². The topological polar surface area (TPSA) is 58.9 Å². The molecule has 4 heteroatoms. The van der Waals surface area contributed by atoms with Crippen LogP contribution in [0.15, 0.2) is 0 Å². The molecule has 0 aromatic heterocycles. The second-order valence-corrected chi connectivity index (χ2v) is 4.05. The first-order chi connectivity index (χ1) is 5.83. The average molecular weight is 190 g/mol. The normalized spacial score (nSPS) is 37.4. The summed E-state index contributed by atoms with van der Waals surface area (Å²) in [6.45, 7) is 6.80. The van der Waals surface area contributed by atoms with E-state index in [2.05, 4.69) is 0 Å². The third-order valence-electron chi connectivity index (χ3n) is 2.11. The van der Waals surface area contributed by atoms with Crippen LogP contribution in [0.25, 0.3) is 0 Å². The standard InChI is InChI=1S/C9H18O4/c1-5(10)7-8(6(2)11)13-9(3,4)12-7/h5-8,10-11H,1-4H3/t5-,6-,7-,8+/m1/s1. The van der Waals surface area contributed by atoms with E-state index in [9.17, 15) is 10.2 Å². The summed E-state index contributed by atoms with van der Waals surface area (Å²) in [6.07, 6.45) is -2.17. The van der Waals surface area contributed by atoms with Crippen molar-refractivity contribution in [1.29, 1.82) is 0 Å². The highest BCUT2D eigenvalue weighted by molar-refractivity contribution is 4.87. The van der Waals surface area contributed by atoms with E-state index in [0.29, 0.717) is 0 Å². The van der Waals surface area contributed by atoms with Gasteiger partial charge in [-0.1, -0.05) is 0 Å². The van der Waals surface area contributed by atoms with Crippen LogP contribution in [0.5, 0.6) is 0 Å². The number of hydrogen-bond acceptors (Lipinski definition) is 4. The zero-order chi connectivity index (χ0) is 10.2. The maximum atomic E-state index is 9.39. The predicted octanol–water partition coefficient (Wildman–Crippen LogP) is 0.268. The minimum Gasteiger partial charge on any atom is -0.391 e. The molecule has 1 rings (SSSR count). The molecule has 4 nitrogen and oxygen atoms in total. The summed E-state index contributed by atoms with van der Waals surface area (Å²) >= 11 is 0. The lowest BCUT2D eigenvalue weighted by atomic mass is 10.1. The Hall–Kier alpha value is -0.160. The maximum Gasteiger partial charge on any atom is 0.164 e. The first-order valence-corrected chi connectivity index (χ1v) is 4.55. The molecule has 0 aromatic rings. The third kappa shape index (κ3) is 2.40. The summed E-state index contributed by atoms with van der Waals surface area (Å²) in [5.41, 5.74) is 0. The lowest BCUT2D eigenvalue weighted by Gasteiger charge is -2.20. The Morgan fingerprint density at radius 1 is 1.00 bits per heavy atom. The minimum atomic E-state index is -0.719. The van der Waals surface area contributed by atoms with Gasteiger partial charge in [0.15, 0.2) is 5.79 Å². The van der Waals surface area contributed by atoms with Crippen LogP contribution in [-0.4, -0.2) is 40.4 Å². The molecule has 0 aromatic carbocycles. The number of hydrogen-bond donors (Lipinski definition) is 2. The van der Waals surface area contributed by atoms with E-state index < -0.39 is 30.2 Å². The molecular weight excluding hydrogens is 172 g/mol. The second kappa shape index (κ2) is 3.53. The summed E-state index contributed by atoms with van der Waals surface area (Å²) in [5.74, 6) is -0.719. The van der Waals surface area contributed by atoms with Gasteiger partial charge in [-0.25, -0.2) is 0 Å². The smallest absolute Gasteiger partial charge is 0.164 e. The van der Waals surface area contributed by atoms with Crippen LogP contribution in [0.2, 0.25) is 0 Å². The van der Waals surface area contributed by atoms with Gasteiger partial charge in [-0.15, -0.1) is 0 Å². The highest BCUT2D eigenvalue weighted by atomic mass is 16.8. The molecule has 2 N–H and O–H groups in total. The van der Waals surface area contributed by atoms with E-state index >= 15 is 0 Å². The summed E-state index contributed by atoms with van der Waals surface area (Å²) in [5, 5.41) is 18.8. The lowest BCUT2D eigenvalue weighted by Crippen LogP contribution is -2.39. The van der Waals surface area contributed by atoms with Crippen LogP contribution in [0.1, 0.15) is 27.7 Å². The number of ether oxygens (including phenoxy) is 2. The molecule has 1 saturated heterocycles. The molecule has 1 aliphatic rings. The summed E-state index contributed by atoms with van der Waals surface area (Å²) < 4.78 is 10.9. The lowest BCUT2D eigenvalue weighted by molar-refractivity contribution is -0.159. The van der Waals surface area contributed by atoms with Crippen molar-refractivity contribution in [3.63, 3.8) is 0 Å². The van der Waals surface area contributed by atoms with Crippen molar-refractivity contribution in [1.82, 2.24) is 0 Å². The van der Waals surface area contributed by atoms with Gasteiger partial charge in [0.2, 0.25) is 0 Å². The summed E-state index contributed by atoms with van der Waals surface area (Å²) in [6, 6.07) is 0. The van der Waals surface area contributed by atoms with Crippen LogP contribution < -0.4 is 0 Å². The van der Waals surface area contributed by atoms with Crippen molar-refractivity contribution >= 4 is 0 Å². The average Bonchev–Trinajstić information content (AvgIpc) is 2.26. The molecule has 0 bridgehead atoms. The molecule has 1 heterocycles. The van der Waals surface area contributed by atoms with Crippen LogP contribution in [0.3, 0.4) is 0 Å². The zero-order valence-electron chi connectivity index (χ0n) is 8.52. The van der Waals surface area contributed by atoms with Crippen LogP contribution in [0, 0.1) is 0 Å². The fourth-order valence-electron chi connectivity index (χ4n) is 1.56. The van der Waals surface area contributed by atoms with Crippen LogP contribution in [0.4, 0.5) is 0 Å². The van der Waals surface area contributed by atoms with Gasteiger partial charge in [-0.3, -0.25) is 0 Å². The Labute approximate surface area is 78.5 Å². The second-order valence-electron chi connectivity index (χ2n) is 4.05. The molecule has 13 heavy (non-hydrogen) atoms. The maximum absolute atomic E-state index is 9.39. The molecule has 0 amide bonds.